The van der Waals surface area contributed by atoms with E-state index >= 15 is 0 Å². The highest BCUT2D eigenvalue weighted by Crippen LogP contribution is 2.59. The van der Waals surface area contributed by atoms with Crippen molar-refractivity contribution in [1.82, 2.24) is 0 Å². The van der Waals surface area contributed by atoms with Gasteiger partial charge in [-0.05, 0) is 24.2 Å². The zero-order valence-corrected chi connectivity index (χ0v) is 8.34. The normalized spacial score (nSPS) is 40.7. The molecule has 2 bridgehead atoms. The first-order valence-corrected chi connectivity index (χ1v) is 5.04. The van der Waals surface area contributed by atoms with Crippen molar-refractivity contribution in [3.63, 3.8) is 0 Å². The molecule has 3 aliphatic rings. The Morgan fingerprint density at radius 2 is 2.23 bits per heavy atom. The van der Waals surface area contributed by atoms with Gasteiger partial charge in [0.1, 0.15) is 5.78 Å². The van der Waals surface area contributed by atoms with Gasteiger partial charge in [-0.25, -0.2) is 0 Å². The minimum atomic E-state index is 0.182. The van der Waals surface area contributed by atoms with Crippen molar-refractivity contribution in [3.05, 3.63) is 0 Å². The molecule has 3 aliphatic carbocycles. The Morgan fingerprint density at radius 3 is 2.69 bits per heavy atom. The first-order valence-electron chi connectivity index (χ1n) is 5.04. The first-order chi connectivity index (χ1) is 6.07. The molecule has 0 heterocycles. The Kier molecular flexibility index (Phi) is 1.77. The van der Waals surface area contributed by atoms with E-state index in [-0.39, 0.29) is 11.3 Å². The second-order valence-corrected chi connectivity index (χ2v) is 5.05. The molecule has 0 aromatic heterocycles. The van der Waals surface area contributed by atoms with E-state index in [1.165, 1.54) is 0 Å². The lowest BCUT2D eigenvalue weighted by Crippen LogP contribution is -2.56. The summed E-state index contributed by atoms with van der Waals surface area (Å²) in [5, 5.41) is 0. The van der Waals surface area contributed by atoms with Gasteiger partial charge in [0, 0.05) is 18.3 Å². The highest BCUT2D eigenvalue weighted by atomic mass is 16.1. The maximum atomic E-state index is 11.9. The van der Waals surface area contributed by atoms with E-state index in [1.54, 1.807) is 0 Å². The summed E-state index contributed by atoms with van der Waals surface area (Å²) in [7, 11) is 0. The highest BCUT2D eigenvalue weighted by molar-refractivity contribution is 5.87. The molecule has 0 N–H and O–H groups in total. The van der Waals surface area contributed by atoms with E-state index in [1.807, 2.05) is 0 Å². The number of hydrogen-bond donors (Lipinski definition) is 0. The number of carbonyl (C=O) groups is 1. The number of terminal acetylenes is 1. The summed E-state index contributed by atoms with van der Waals surface area (Å²) in [5.41, 5.74) is 0.266. The number of ketones is 1. The number of Topliss-reactive ketones (excluding diaryl/α,β-unsaturated/α-hetero) is 1. The van der Waals surface area contributed by atoms with E-state index in [0.717, 1.165) is 18.8 Å². The van der Waals surface area contributed by atoms with Crippen molar-refractivity contribution in [2.45, 2.75) is 33.1 Å². The van der Waals surface area contributed by atoms with Gasteiger partial charge in [-0.1, -0.05) is 13.8 Å². The summed E-state index contributed by atoms with van der Waals surface area (Å²) in [4.78, 5) is 11.9. The third kappa shape index (κ3) is 1.05. The summed E-state index contributed by atoms with van der Waals surface area (Å²) < 4.78 is 0. The Hall–Kier alpha value is -0.770. The van der Waals surface area contributed by atoms with E-state index in [4.69, 9.17) is 6.42 Å². The molecular weight excluding hydrogens is 160 g/mol. The van der Waals surface area contributed by atoms with Crippen LogP contribution in [-0.4, -0.2) is 5.78 Å². The zero-order chi connectivity index (χ0) is 9.64. The van der Waals surface area contributed by atoms with Gasteiger partial charge in [0.05, 0.1) is 0 Å². The van der Waals surface area contributed by atoms with Gasteiger partial charge in [-0.2, -0.15) is 0 Å². The molecule has 3 saturated carbocycles. The fraction of sp³-hybridized carbons (Fsp3) is 0.750. The molecule has 0 aromatic rings. The quantitative estimate of drug-likeness (QED) is 0.560. The van der Waals surface area contributed by atoms with E-state index in [0.29, 0.717) is 18.1 Å². The molecule has 3 rings (SSSR count). The van der Waals surface area contributed by atoms with Crippen LogP contribution in [-0.2, 0) is 4.79 Å². The van der Waals surface area contributed by atoms with E-state index in [2.05, 4.69) is 19.8 Å². The average molecular weight is 176 g/mol. The molecule has 3 fully saturated rings. The molecule has 13 heavy (non-hydrogen) atoms. The summed E-state index contributed by atoms with van der Waals surface area (Å²) in [6.45, 7) is 4.44. The van der Waals surface area contributed by atoms with E-state index in [9.17, 15) is 4.79 Å². The average Bonchev–Trinajstić information content (AvgIpc) is 2.08. The second kappa shape index (κ2) is 2.61. The maximum Gasteiger partial charge on any atom is 0.140 e. The standard InChI is InChI=1S/C12H16O/c1-4-5-8-6-9-7-10(11(8)13)12(9,2)3/h1,8-10H,5-7H2,2-3H3/t8-,9-,10-/m0/s1. The van der Waals surface area contributed by atoms with Crippen molar-refractivity contribution < 1.29 is 4.79 Å². The molecule has 0 radical (unpaired) electrons. The molecular formula is C12H16O. The molecule has 3 atom stereocenters. The van der Waals surface area contributed by atoms with Gasteiger partial charge >= 0.3 is 0 Å². The molecule has 0 aliphatic heterocycles. The molecule has 0 saturated heterocycles. The lowest BCUT2D eigenvalue weighted by Gasteiger charge is -2.57. The minimum absolute atomic E-state index is 0.182. The van der Waals surface area contributed by atoms with Crippen LogP contribution in [0.25, 0.3) is 0 Å². The Bertz CT molecular complexity index is 282. The van der Waals surface area contributed by atoms with Gasteiger partial charge in [0.15, 0.2) is 0 Å². The fourth-order valence-corrected chi connectivity index (χ4v) is 2.97. The van der Waals surface area contributed by atoms with Crippen LogP contribution in [0.3, 0.4) is 0 Å². The predicted octanol–water partition coefficient (Wildman–Crippen LogP) is 2.26. The van der Waals surface area contributed by atoms with Gasteiger partial charge in [0.2, 0.25) is 0 Å². The predicted molar refractivity (Wildman–Crippen MR) is 51.9 cm³/mol. The van der Waals surface area contributed by atoms with Gasteiger partial charge in [-0.3, -0.25) is 4.79 Å². The molecule has 0 unspecified atom stereocenters. The topological polar surface area (TPSA) is 17.1 Å². The van der Waals surface area contributed by atoms with Crippen molar-refractivity contribution >= 4 is 5.78 Å². The SMILES string of the molecule is C#CC[C@H]1C[C@H]2C[C@@H](C1=O)C2(C)C. The van der Waals surface area contributed by atoms with Gasteiger partial charge in [-0.15, -0.1) is 12.3 Å². The lowest BCUT2D eigenvalue weighted by molar-refractivity contribution is -0.156. The molecule has 0 amide bonds. The van der Waals surface area contributed by atoms with Crippen molar-refractivity contribution in [3.8, 4) is 12.3 Å². The number of carbonyl (C=O) groups excluding carboxylic acids is 1. The summed E-state index contributed by atoms with van der Waals surface area (Å²) in [6.07, 6.45) is 8.05. The van der Waals surface area contributed by atoms with Crippen molar-refractivity contribution in [1.29, 1.82) is 0 Å². The molecule has 0 aromatic carbocycles. The Balaban J connectivity index is 2.13. The number of hydrogen-bond acceptors (Lipinski definition) is 1. The summed E-state index contributed by atoms with van der Waals surface area (Å²) >= 11 is 0. The highest BCUT2D eigenvalue weighted by Gasteiger charge is 2.57. The second-order valence-electron chi connectivity index (χ2n) is 5.05. The monoisotopic (exact) mass is 176 g/mol. The van der Waals surface area contributed by atoms with Crippen LogP contribution < -0.4 is 0 Å². The van der Waals surface area contributed by atoms with Crippen LogP contribution in [0.5, 0.6) is 0 Å². The van der Waals surface area contributed by atoms with Crippen LogP contribution in [0.4, 0.5) is 0 Å². The molecule has 1 heteroatoms. The van der Waals surface area contributed by atoms with Crippen molar-refractivity contribution in [2.75, 3.05) is 0 Å². The Labute approximate surface area is 79.9 Å². The zero-order valence-electron chi connectivity index (χ0n) is 8.34. The first kappa shape index (κ1) is 8.81. The van der Waals surface area contributed by atoms with Crippen LogP contribution in [0.15, 0.2) is 0 Å². The third-order valence-electron chi connectivity index (χ3n) is 4.15. The fourth-order valence-electron chi connectivity index (χ4n) is 2.97. The molecule has 1 nitrogen and oxygen atoms in total. The van der Waals surface area contributed by atoms with Crippen molar-refractivity contribution in [2.24, 2.45) is 23.2 Å². The molecule has 0 spiro atoms. The lowest BCUT2D eigenvalue weighted by atomic mass is 9.46. The van der Waals surface area contributed by atoms with Gasteiger partial charge < -0.3 is 0 Å². The number of fused-ring (bicyclic) bond motifs is 2. The summed E-state index contributed by atoms with van der Waals surface area (Å²) in [6, 6.07) is 0. The van der Waals surface area contributed by atoms with Crippen LogP contribution in [0.2, 0.25) is 0 Å². The van der Waals surface area contributed by atoms with E-state index < -0.39 is 0 Å². The van der Waals surface area contributed by atoms with Crippen LogP contribution >= 0.6 is 0 Å². The number of rotatable bonds is 1. The van der Waals surface area contributed by atoms with Crippen LogP contribution in [0.1, 0.15) is 33.1 Å². The molecule has 70 valence electrons. The maximum absolute atomic E-state index is 11.9. The minimum Gasteiger partial charge on any atom is -0.299 e. The summed E-state index contributed by atoms with van der Waals surface area (Å²) in [5.74, 6) is 4.29. The van der Waals surface area contributed by atoms with Crippen LogP contribution in [0, 0.1) is 35.5 Å². The third-order valence-corrected chi connectivity index (χ3v) is 4.15. The Morgan fingerprint density at radius 1 is 1.54 bits per heavy atom. The largest absolute Gasteiger partial charge is 0.299 e. The van der Waals surface area contributed by atoms with Gasteiger partial charge in [0.25, 0.3) is 0 Å². The smallest absolute Gasteiger partial charge is 0.140 e.